The van der Waals surface area contributed by atoms with E-state index in [4.69, 9.17) is 5.73 Å². The molecule has 0 atom stereocenters. The highest BCUT2D eigenvalue weighted by atomic mass is 32.1. The highest BCUT2D eigenvalue weighted by molar-refractivity contribution is 7.78. The molecule has 0 spiro atoms. The molecule has 2 N–H and O–H groups in total. The van der Waals surface area contributed by atoms with Crippen LogP contribution in [0.5, 0.6) is 0 Å². The maximum atomic E-state index is 5.33. The molecule has 1 aromatic carbocycles. The fourth-order valence-electron chi connectivity index (χ4n) is 0.943. The summed E-state index contributed by atoms with van der Waals surface area (Å²) >= 11 is 4.51. The van der Waals surface area contributed by atoms with Gasteiger partial charge in [-0.25, -0.2) is 0 Å². The summed E-state index contributed by atoms with van der Waals surface area (Å²) in [7, 11) is 0. The molecule has 0 aromatic heterocycles. The van der Waals surface area contributed by atoms with Crippen molar-refractivity contribution < 1.29 is 0 Å². The van der Waals surface area contributed by atoms with Crippen LogP contribution in [0.1, 0.15) is 12.0 Å². The average molecular weight is 202 g/mol. The smallest absolute Gasteiger partial charge is 0.0751 e. The third kappa shape index (κ3) is 3.51. The minimum atomic E-state index is 0.588. The van der Waals surface area contributed by atoms with E-state index in [1.807, 2.05) is 24.3 Å². The molecule has 0 aliphatic carbocycles. The van der Waals surface area contributed by atoms with Crippen LogP contribution >= 0.6 is 12.2 Å². The van der Waals surface area contributed by atoms with Crippen LogP contribution in [0.3, 0.4) is 0 Å². The van der Waals surface area contributed by atoms with Gasteiger partial charge in [0.2, 0.25) is 0 Å². The molecule has 0 aliphatic heterocycles. The summed E-state index contributed by atoms with van der Waals surface area (Å²) in [6, 6.07) is 7.53. The van der Waals surface area contributed by atoms with Crippen molar-refractivity contribution in [2.24, 2.45) is 10.7 Å². The lowest BCUT2D eigenvalue weighted by molar-refractivity contribution is 1.03. The van der Waals surface area contributed by atoms with Crippen LogP contribution in [-0.4, -0.2) is 11.7 Å². The molecule has 0 unspecified atom stereocenters. The first-order chi connectivity index (χ1) is 6.86. The lowest BCUT2D eigenvalue weighted by Gasteiger charge is -1.91. The summed E-state index contributed by atoms with van der Waals surface area (Å²) in [5, 5.41) is 2.32. The second kappa shape index (κ2) is 6.06. The van der Waals surface area contributed by atoms with Crippen molar-refractivity contribution in [2.45, 2.75) is 6.42 Å². The molecule has 0 amide bonds. The van der Waals surface area contributed by atoms with E-state index in [1.54, 1.807) is 0 Å². The van der Waals surface area contributed by atoms with Crippen LogP contribution < -0.4 is 5.73 Å². The molecule has 0 fully saturated rings. The molecule has 1 aromatic rings. The SMILES string of the molecule is NCCC#Cc1cccc(N=C=S)c1. The van der Waals surface area contributed by atoms with Crippen molar-refractivity contribution in [2.75, 3.05) is 6.54 Å². The van der Waals surface area contributed by atoms with Gasteiger partial charge < -0.3 is 5.73 Å². The molecule has 3 heteroatoms. The van der Waals surface area contributed by atoms with E-state index in [-0.39, 0.29) is 0 Å². The Morgan fingerprint density at radius 1 is 1.43 bits per heavy atom. The van der Waals surface area contributed by atoms with Gasteiger partial charge >= 0.3 is 0 Å². The van der Waals surface area contributed by atoms with Crippen LogP contribution in [0.15, 0.2) is 29.3 Å². The van der Waals surface area contributed by atoms with E-state index in [0.29, 0.717) is 13.0 Å². The molecule has 2 nitrogen and oxygen atoms in total. The lowest BCUT2D eigenvalue weighted by Crippen LogP contribution is -1.95. The van der Waals surface area contributed by atoms with Gasteiger partial charge in [-0.15, -0.1) is 0 Å². The fourth-order valence-corrected chi connectivity index (χ4v) is 1.05. The second-order valence-electron chi connectivity index (χ2n) is 2.59. The first-order valence-corrected chi connectivity index (χ1v) is 4.64. The quantitative estimate of drug-likeness (QED) is 0.453. The molecular weight excluding hydrogens is 192 g/mol. The summed E-state index contributed by atoms with van der Waals surface area (Å²) in [5.41, 5.74) is 7.02. The van der Waals surface area contributed by atoms with Gasteiger partial charge in [0.15, 0.2) is 0 Å². The summed E-state index contributed by atoms with van der Waals surface area (Å²) in [6.07, 6.45) is 0.709. The van der Waals surface area contributed by atoms with E-state index in [2.05, 4.69) is 34.2 Å². The van der Waals surface area contributed by atoms with Crippen LogP contribution in [-0.2, 0) is 0 Å². The van der Waals surface area contributed by atoms with Crippen LogP contribution in [0, 0.1) is 11.8 Å². The molecule has 70 valence electrons. The highest BCUT2D eigenvalue weighted by Gasteiger charge is 1.89. The normalized spacial score (nSPS) is 8.36. The van der Waals surface area contributed by atoms with Gasteiger partial charge in [0, 0.05) is 18.5 Å². The molecule has 0 aliphatic rings. The monoisotopic (exact) mass is 202 g/mol. The number of hydrogen-bond acceptors (Lipinski definition) is 3. The number of nitrogens with zero attached hydrogens (tertiary/aromatic N) is 1. The van der Waals surface area contributed by atoms with Crippen molar-refractivity contribution in [3.63, 3.8) is 0 Å². The van der Waals surface area contributed by atoms with Gasteiger partial charge in [-0.3, -0.25) is 0 Å². The van der Waals surface area contributed by atoms with Crippen LogP contribution in [0.4, 0.5) is 5.69 Å². The van der Waals surface area contributed by atoms with Crippen molar-refractivity contribution >= 4 is 23.1 Å². The molecule has 0 heterocycles. The first kappa shape index (κ1) is 10.6. The van der Waals surface area contributed by atoms with Crippen LogP contribution in [0.2, 0.25) is 0 Å². The summed E-state index contributed by atoms with van der Waals surface area (Å²) in [5.74, 6) is 5.95. The zero-order chi connectivity index (χ0) is 10.2. The molecule has 0 bridgehead atoms. The zero-order valence-electron chi connectivity index (χ0n) is 7.66. The molecule has 0 radical (unpaired) electrons. The fraction of sp³-hybridized carbons (Fsp3) is 0.182. The van der Waals surface area contributed by atoms with Gasteiger partial charge in [-0.05, 0) is 30.4 Å². The Balaban J connectivity index is 2.84. The summed E-state index contributed by atoms with van der Waals surface area (Å²) < 4.78 is 0. The average Bonchev–Trinajstić information content (AvgIpc) is 2.19. The Bertz CT molecular complexity index is 409. The van der Waals surface area contributed by atoms with E-state index >= 15 is 0 Å². The molecule has 0 saturated carbocycles. The highest BCUT2D eigenvalue weighted by Crippen LogP contribution is 2.12. The van der Waals surface area contributed by atoms with Gasteiger partial charge in [0.05, 0.1) is 10.8 Å². The van der Waals surface area contributed by atoms with Gasteiger partial charge in [0.1, 0.15) is 0 Å². The number of isothiocyanates is 1. The molecule has 0 saturated heterocycles. The Morgan fingerprint density at radius 2 is 2.29 bits per heavy atom. The van der Waals surface area contributed by atoms with E-state index < -0.39 is 0 Å². The minimum absolute atomic E-state index is 0.588. The van der Waals surface area contributed by atoms with Gasteiger partial charge in [-0.2, -0.15) is 4.99 Å². The third-order valence-corrected chi connectivity index (χ3v) is 1.61. The maximum absolute atomic E-state index is 5.33. The van der Waals surface area contributed by atoms with Crippen molar-refractivity contribution in [3.8, 4) is 11.8 Å². The van der Waals surface area contributed by atoms with Crippen LogP contribution in [0.25, 0.3) is 0 Å². The minimum Gasteiger partial charge on any atom is -0.330 e. The lowest BCUT2D eigenvalue weighted by atomic mass is 10.2. The zero-order valence-corrected chi connectivity index (χ0v) is 8.47. The number of benzene rings is 1. The first-order valence-electron chi connectivity index (χ1n) is 4.23. The van der Waals surface area contributed by atoms with Crippen molar-refractivity contribution in [3.05, 3.63) is 29.8 Å². The Labute approximate surface area is 88.8 Å². The maximum Gasteiger partial charge on any atom is 0.0751 e. The largest absolute Gasteiger partial charge is 0.330 e. The van der Waals surface area contributed by atoms with E-state index in [0.717, 1.165) is 11.3 Å². The Kier molecular flexibility index (Phi) is 4.60. The number of rotatable bonds is 2. The Hall–Kier alpha value is -1.46. The van der Waals surface area contributed by atoms with Crippen molar-refractivity contribution in [1.29, 1.82) is 0 Å². The standard InChI is InChI=1S/C11H10N2S/c12-7-2-1-4-10-5-3-6-11(8-10)13-9-14/h3,5-6,8H,2,7,12H2. The predicted octanol–water partition coefficient (Wildman–Crippen LogP) is 2.12. The number of hydrogen-bond donors (Lipinski definition) is 1. The number of nitrogens with two attached hydrogens (primary N) is 1. The second-order valence-corrected chi connectivity index (χ2v) is 2.78. The Morgan fingerprint density at radius 3 is 3.00 bits per heavy atom. The van der Waals surface area contributed by atoms with E-state index in [9.17, 15) is 0 Å². The van der Waals surface area contributed by atoms with Gasteiger partial charge in [0.25, 0.3) is 0 Å². The topological polar surface area (TPSA) is 38.4 Å². The molecule has 1 rings (SSSR count). The summed E-state index contributed by atoms with van der Waals surface area (Å²) in [6.45, 7) is 0.588. The molecule has 14 heavy (non-hydrogen) atoms. The summed E-state index contributed by atoms with van der Waals surface area (Å²) in [4.78, 5) is 3.87. The molecular formula is C11H10N2S. The number of thiocarbonyl (C=S) groups is 1. The van der Waals surface area contributed by atoms with Gasteiger partial charge in [-0.1, -0.05) is 17.9 Å². The van der Waals surface area contributed by atoms with Crippen molar-refractivity contribution in [1.82, 2.24) is 0 Å². The van der Waals surface area contributed by atoms with E-state index in [1.165, 1.54) is 0 Å². The number of aliphatic imine (C=N–C) groups is 1. The predicted molar refractivity (Wildman–Crippen MR) is 61.7 cm³/mol. The third-order valence-electron chi connectivity index (χ3n) is 1.52.